The lowest BCUT2D eigenvalue weighted by Crippen LogP contribution is -2.56. The van der Waals surface area contributed by atoms with Gasteiger partial charge in [-0.1, -0.05) is 26.7 Å². The van der Waals surface area contributed by atoms with E-state index in [-0.39, 0.29) is 24.3 Å². The molecule has 0 aromatic rings. The maximum atomic E-state index is 9.87. The van der Waals surface area contributed by atoms with Gasteiger partial charge in [-0.3, -0.25) is 0 Å². The third-order valence-electron chi connectivity index (χ3n) is 3.88. The van der Waals surface area contributed by atoms with Crippen molar-refractivity contribution < 1.29 is 10.2 Å². The fourth-order valence-electron chi connectivity index (χ4n) is 2.40. The van der Waals surface area contributed by atoms with Crippen molar-refractivity contribution in [3.63, 3.8) is 0 Å². The highest BCUT2D eigenvalue weighted by molar-refractivity contribution is 4.92. The van der Waals surface area contributed by atoms with Crippen LogP contribution in [0.2, 0.25) is 0 Å². The summed E-state index contributed by atoms with van der Waals surface area (Å²) in [6.45, 7) is 4.33. The molecule has 0 spiro atoms. The first kappa shape index (κ1) is 12.9. The van der Waals surface area contributed by atoms with Gasteiger partial charge in [-0.05, 0) is 25.7 Å². The topological polar surface area (TPSA) is 52.5 Å². The van der Waals surface area contributed by atoms with E-state index in [0.717, 1.165) is 32.1 Å². The minimum Gasteiger partial charge on any atom is -0.394 e. The minimum atomic E-state index is -0.234. The van der Waals surface area contributed by atoms with Gasteiger partial charge in [-0.2, -0.15) is 0 Å². The lowest BCUT2D eigenvalue weighted by molar-refractivity contribution is 0.0516. The van der Waals surface area contributed by atoms with E-state index in [0.29, 0.717) is 0 Å². The van der Waals surface area contributed by atoms with E-state index in [4.69, 9.17) is 0 Å². The van der Waals surface area contributed by atoms with Gasteiger partial charge in [0, 0.05) is 11.6 Å². The van der Waals surface area contributed by atoms with Crippen LogP contribution in [0.15, 0.2) is 0 Å². The molecule has 0 saturated heterocycles. The number of nitrogens with one attached hydrogen (secondary N) is 1. The van der Waals surface area contributed by atoms with E-state index in [9.17, 15) is 10.2 Å². The standard InChI is InChI=1S/C12H25NO2/c1-3-12(4-2,9-14)13-10-7-5-6-8-11(10)15/h10-11,13-15H,3-9H2,1-2H3/t10-,11-/m1/s1. The smallest absolute Gasteiger partial charge is 0.0693 e. The zero-order chi connectivity index (χ0) is 11.3. The Balaban J connectivity index is 2.56. The third kappa shape index (κ3) is 3.16. The summed E-state index contributed by atoms with van der Waals surface area (Å²) in [5.41, 5.74) is -0.191. The van der Waals surface area contributed by atoms with Gasteiger partial charge in [-0.25, -0.2) is 0 Å². The number of aliphatic hydroxyl groups excluding tert-OH is 2. The molecule has 0 bridgehead atoms. The lowest BCUT2D eigenvalue weighted by Gasteiger charge is -2.39. The molecule has 1 rings (SSSR count). The Labute approximate surface area is 92.9 Å². The molecule has 3 heteroatoms. The first-order valence-corrected chi connectivity index (χ1v) is 6.24. The first-order chi connectivity index (χ1) is 7.17. The molecule has 2 atom stereocenters. The third-order valence-corrected chi connectivity index (χ3v) is 3.88. The van der Waals surface area contributed by atoms with Gasteiger partial charge in [0.2, 0.25) is 0 Å². The van der Waals surface area contributed by atoms with E-state index in [1.807, 2.05) is 0 Å². The molecule has 0 aliphatic heterocycles. The van der Waals surface area contributed by atoms with E-state index < -0.39 is 0 Å². The van der Waals surface area contributed by atoms with Crippen LogP contribution < -0.4 is 5.32 Å². The van der Waals surface area contributed by atoms with Gasteiger partial charge in [0.1, 0.15) is 0 Å². The predicted octanol–water partition coefficient (Wildman–Crippen LogP) is 1.43. The van der Waals surface area contributed by atoms with E-state index >= 15 is 0 Å². The average Bonchev–Trinajstić information content (AvgIpc) is 2.29. The highest BCUT2D eigenvalue weighted by Gasteiger charge is 2.32. The molecule has 1 fully saturated rings. The van der Waals surface area contributed by atoms with Crippen molar-refractivity contribution in [3.05, 3.63) is 0 Å². The Bertz CT molecular complexity index is 172. The largest absolute Gasteiger partial charge is 0.394 e. The van der Waals surface area contributed by atoms with Gasteiger partial charge in [0.15, 0.2) is 0 Å². The maximum Gasteiger partial charge on any atom is 0.0693 e. The molecule has 3 nitrogen and oxygen atoms in total. The van der Waals surface area contributed by atoms with Gasteiger partial charge in [0.25, 0.3) is 0 Å². The number of hydrogen-bond acceptors (Lipinski definition) is 3. The van der Waals surface area contributed by atoms with Gasteiger partial charge in [0.05, 0.1) is 12.7 Å². The Morgan fingerprint density at radius 2 is 1.80 bits per heavy atom. The van der Waals surface area contributed by atoms with Gasteiger partial charge < -0.3 is 15.5 Å². The Morgan fingerprint density at radius 3 is 2.27 bits per heavy atom. The summed E-state index contributed by atoms with van der Waals surface area (Å²) in [7, 11) is 0. The molecule has 0 aromatic carbocycles. The first-order valence-electron chi connectivity index (χ1n) is 6.24. The molecule has 1 saturated carbocycles. The number of hydrogen-bond donors (Lipinski definition) is 3. The van der Waals surface area contributed by atoms with Crippen molar-refractivity contribution in [2.45, 2.75) is 70.1 Å². The van der Waals surface area contributed by atoms with Crippen LogP contribution >= 0.6 is 0 Å². The van der Waals surface area contributed by atoms with Crippen molar-refractivity contribution >= 4 is 0 Å². The summed E-state index contributed by atoms with van der Waals surface area (Å²) in [4.78, 5) is 0. The second-order valence-corrected chi connectivity index (χ2v) is 4.75. The molecule has 1 aliphatic rings. The SMILES string of the molecule is CCC(CC)(CO)N[C@@H]1CCCC[C@H]1O. The molecular formula is C12H25NO2. The summed E-state index contributed by atoms with van der Waals surface area (Å²) in [6, 6.07) is 0.172. The maximum absolute atomic E-state index is 9.87. The van der Waals surface area contributed by atoms with Crippen molar-refractivity contribution in [3.8, 4) is 0 Å². The highest BCUT2D eigenvalue weighted by Crippen LogP contribution is 2.23. The molecule has 15 heavy (non-hydrogen) atoms. The number of rotatable bonds is 5. The highest BCUT2D eigenvalue weighted by atomic mass is 16.3. The predicted molar refractivity (Wildman–Crippen MR) is 61.8 cm³/mol. The second kappa shape index (κ2) is 5.83. The Morgan fingerprint density at radius 1 is 1.20 bits per heavy atom. The summed E-state index contributed by atoms with van der Waals surface area (Å²) < 4.78 is 0. The molecule has 3 N–H and O–H groups in total. The van der Waals surface area contributed by atoms with Crippen LogP contribution in [0.3, 0.4) is 0 Å². The van der Waals surface area contributed by atoms with Gasteiger partial charge >= 0.3 is 0 Å². The summed E-state index contributed by atoms with van der Waals surface area (Å²) in [5.74, 6) is 0. The molecule has 90 valence electrons. The zero-order valence-corrected chi connectivity index (χ0v) is 10.00. The van der Waals surface area contributed by atoms with Crippen LogP contribution in [0.5, 0.6) is 0 Å². The van der Waals surface area contributed by atoms with Crippen LogP contribution in [0.4, 0.5) is 0 Å². The van der Waals surface area contributed by atoms with Crippen molar-refractivity contribution in [1.29, 1.82) is 0 Å². The molecular weight excluding hydrogens is 190 g/mol. The monoisotopic (exact) mass is 215 g/mol. The molecule has 0 aromatic heterocycles. The minimum absolute atomic E-state index is 0.156. The van der Waals surface area contributed by atoms with Gasteiger partial charge in [-0.15, -0.1) is 0 Å². The van der Waals surface area contributed by atoms with Crippen molar-refractivity contribution in [2.75, 3.05) is 6.61 Å². The second-order valence-electron chi connectivity index (χ2n) is 4.75. The number of aliphatic hydroxyl groups is 2. The normalized spacial score (nSPS) is 28.0. The van der Waals surface area contributed by atoms with Crippen LogP contribution in [0, 0.1) is 0 Å². The van der Waals surface area contributed by atoms with Crippen molar-refractivity contribution in [1.82, 2.24) is 5.32 Å². The van der Waals surface area contributed by atoms with Crippen molar-refractivity contribution in [2.24, 2.45) is 0 Å². The Kier molecular flexibility index (Phi) is 5.03. The van der Waals surface area contributed by atoms with Crippen LogP contribution in [-0.2, 0) is 0 Å². The van der Waals surface area contributed by atoms with E-state index in [2.05, 4.69) is 19.2 Å². The average molecular weight is 215 g/mol. The quantitative estimate of drug-likeness (QED) is 0.650. The Hall–Kier alpha value is -0.120. The summed E-state index contributed by atoms with van der Waals surface area (Å²) in [5, 5.41) is 22.8. The summed E-state index contributed by atoms with van der Waals surface area (Å²) in [6.07, 6.45) is 5.82. The molecule has 0 unspecified atom stereocenters. The molecule has 0 radical (unpaired) electrons. The van der Waals surface area contributed by atoms with E-state index in [1.54, 1.807) is 0 Å². The lowest BCUT2D eigenvalue weighted by atomic mass is 9.87. The molecule has 0 heterocycles. The van der Waals surface area contributed by atoms with Crippen LogP contribution in [0.1, 0.15) is 52.4 Å². The van der Waals surface area contributed by atoms with E-state index in [1.165, 1.54) is 6.42 Å². The fourth-order valence-corrected chi connectivity index (χ4v) is 2.40. The van der Waals surface area contributed by atoms with Crippen LogP contribution in [0.25, 0.3) is 0 Å². The zero-order valence-electron chi connectivity index (χ0n) is 10.00. The summed E-state index contributed by atoms with van der Waals surface area (Å²) >= 11 is 0. The fraction of sp³-hybridized carbons (Fsp3) is 1.00. The van der Waals surface area contributed by atoms with Crippen LogP contribution in [-0.4, -0.2) is 34.5 Å². The molecule has 1 aliphatic carbocycles. The molecule has 0 amide bonds.